The Morgan fingerprint density at radius 2 is 1.62 bits per heavy atom. The van der Waals surface area contributed by atoms with Crippen LogP contribution in [0.15, 0.2) is 89.8 Å². The highest BCUT2D eigenvalue weighted by Crippen LogP contribution is 2.36. The monoisotopic (exact) mass is 467 g/mol. The Bertz CT molecular complexity index is 1030. The van der Waals surface area contributed by atoms with Gasteiger partial charge in [-0.1, -0.05) is 71.9 Å². The van der Waals surface area contributed by atoms with Gasteiger partial charge in [0.15, 0.2) is 0 Å². The van der Waals surface area contributed by atoms with E-state index in [2.05, 4.69) is 23.1 Å². The first-order chi connectivity index (χ1) is 15.5. The highest BCUT2D eigenvalue weighted by molar-refractivity contribution is 8.08. The molecule has 0 aliphatic carbocycles. The Labute approximate surface area is 198 Å². The summed E-state index contributed by atoms with van der Waals surface area (Å²) in [6.07, 6.45) is 4.56. The van der Waals surface area contributed by atoms with Gasteiger partial charge < -0.3 is 10.0 Å². The zero-order valence-electron chi connectivity index (χ0n) is 17.9. The van der Waals surface area contributed by atoms with Gasteiger partial charge in [0.2, 0.25) is 0 Å². The molecule has 1 aliphatic rings. The minimum absolute atomic E-state index is 0.223. The summed E-state index contributed by atoms with van der Waals surface area (Å²) in [7, 11) is 0. The number of thioether (sulfide) groups is 1. The second-order valence-corrected chi connectivity index (χ2v) is 9.71. The maximum Gasteiger partial charge on any atom is 0.123 e. The van der Waals surface area contributed by atoms with Crippen LogP contribution in [0.3, 0.4) is 0 Å². The third-order valence-electron chi connectivity index (χ3n) is 5.94. The van der Waals surface area contributed by atoms with Crippen LogP contribution in [0.2, 0.25) is 5.02 Å². The molecular formula is C27H27ClFNOS. The van der Waals surface area contributed by atoms with Gasteiger partial charge in [0, 0.05) is 34.5 Å². The van der Waals surface area contributed by atoms with Crippen LogP contribution < -0.4 is 0 Å². The molecule has 32 heavy (non-hydrogen) atoms. The van der Waals surface area contributed by atoms with Gasteiger partial charge >= 0.3 is 0 Å². The fourth-order valence-electron chi connectivity index (χ4n) is 4.02. The van der Waals surface area contributed by atoms with Gasteiger partial charge in [-0.3, -0.25) is 0 Å². The molecule has 0 bridgehead atoms. The van der Waals surface area contributed by atoms with Crippen molar-refractivity contribution in [2.24, 2.45) is 0 Å². The van der Waals surface area contributed by atoms with Crippen molar-refractivity contribution in [1.29, 1.82) is 0 Å². The van der Waals surface area contributed by atoms with Crippen molar-refractivity contribution in [1.82, 2.24) is 4.90 Å². The molecule has 0 saturated carbocycles. The summed E-state index contributed by atoms with van der Waals surface area (Å²) in [5.41, 5.74) is 1.19. The largest absolute Gasteiger partial charge is 0.385 e. The molecule has 0 atom stereocenters. The molecule has 0 unspecified atom stereocenters. The molecule has 3 aromatic rings. The lowest BCUT2D eigenvalue weighted by molar-refractivity contribution is -0.0254. The van der Waals surface area contributed by atoms with Crippen LogP contribution in [0, 0.1) is 5.82 Å². The Morgan fingerprint density at radius 3 is 2.28 bits per heavy atom. The standard InChI is InChI=1S/C27H27ClFNOS/c28-23-12-10-22(11-13-23)27(31)16-19-30(20-17-27)18-4-7-26(21-8-14-24(29)15-9-21)32-25-5-2-1-3-6-25/h1-3,5-15,31H,4,16-20H2/b26-7-. The molecule has 5 heteroatoms. The molecule has 1 saturated heterocycles. The summed E-state index contributed by atoms with van der Waals surface area (Å²) in [6.45, 7) is 2.63. The lowest BCUT2D eigenvalue weighted by Gasteiger charge is -2.38. The average Bonchev–Trinajstić information content (AvgIpc) is 2.81. The number of aliphatic hydroxyl groups is 1. The van der Waals surface area contributed by atoms with E-state index in [-0.39, 0.29) is 5.82 Å². The van der Waals surface area contributed by atoms with Crippen LogP contribution in [0.4, 0.5) is 4.39 Å². The van der Waals surface area contributed by atoms with E-state index in [9.17, 15) is 9.50 Å². The van der Waals surface area contributed by atoms with Crippen LogP contribution in [-0.4, -0.2) is 29.6 Å². The zero-order valence-corrected chi connectivity index (χ0v) is 19.5. The van der Waals surface area contributed by atoms with Gasteiger partial charge in [0.05, 0.1) is 5.60 Å². The number of rotatable bonds is 7. The van der Waals surface area contributed by atoms with E-state index >= 15 is 0 Å². The van der Waals surface area contributed by atoms with Gasteiger partial charge in [-0.05, 0) is 66.8 Å². The molecule has 1 aliphatic heterocycles. The van der Waals surface area contributed by atoms with Gasteiger partial charge in [0.25, 0.3) is 0 Å². The van der Waals surface area contributed by atoms with Crippen molar-refractivity contribution in [3.8, 4) is 0 Å². The fourth-order valence-corrected chi connectivity index (χ4v) is 5.15. The molecule has 0 amide bonds. The van der Waals surface area contributed by atoms with Crippen molar-refractivity contribution < 1.29 is 9.50 Å². The van der Waals surface area contributed by atoms with E-state index in [4.69, 9.17) is 11.6 Å². The third kappa shape index (κ3) is 6.02. The highest BCUT2D eigenvalue weighted by atomic mass is 35.5. The Kier molecular flexibility index (Phi) is 7.69. The summed E-state index contributed by atoms with van der Waals surface area (Å²) in [4.78, 5) is 4.69. The average molecular weight is 468 g/mol. The second kappa shape index (κ2) is 10.7. The minimum atomic E-state index is -0.778. The molecule has 4 rings (SSSR count). The molecule has 0 aromatic heterocycles. The van der Waals surface area contributed by atoms with Gasteiger partial charge in [-0.2, -0.15) is 0 Å². The number of benzene rings is 3. The Balaban J connectivity index is 1.38. The van der Waals surface area contributed by atoms with Crippen molar-refractivity contribution in [2.45, 2.75) is 29.8 Å². The normalized spacial score (nSPS) is 16.8. The molecule has 3 aromatic carbocycles. The van der Waals surface area contributed by atoms with Gasteiger partial charge in [-0.25, -0.2) is 4.39 Å². The van der Waals surface area contributed by atoms with Crippen LogP contribution in [0.5, 0.6) is 0 Å². The molecule has 166 valence electrons. The van der Waals surface area contributed by atoms with E-state index in [1.54, 1.807) is 11.8 Å². The van der Waals surface area contributed by atoms with Crippen molar-refractivity contribution in [3.05, 3.63) is 107 Å². The molecule has 1 fully saturated rings. The summed E-state index contributed by atoms with van der Waals surface area (Å²) in [5, 5.41) is 11.8. The SMILES string of the molecule is OC1(c2ccc(Cl)cc2)CCN(CC/C=C(\Sc2ccccc2)c2ccc(F)cc2)CC1. The Morgan fingerprint density at radius 1 is 0.969 bits per heavy atom. The number of nitrogens with zero attached hydrogens (tertiary/aromatic N) is 1. The fraction of sp³-hybridized carbons (Fsp3) is 0.259. The zero-order chi connectivity index (χ0) is 22.4. The number of likely N-dealkylation sites (tertiary alicyclic amines) is 1. The van der Waals surface area contributed by atoms with Gasteiger partial charge in [-0.15, -0.1) is 0 Å². The van der Waals surface area contributed by atoms with Crippen molar-refractivity contribution >= 4 is 28.3 Å². The number of halogens is 2. The van der Waals surface area contributed by atoms with Crippen LogP contribution in [-0.2, 0) is 5.60 Å². The lowest BCUT2D eigenvalue weighted by atomic mass is 9.84. The predicted molar refractivity (Wildman–Crippen MR) is 132 cm³/mol. The van der Waals surface area contributed by atoms with E-state index in [1.807, 2.05) is 54.6 Å². The first kappa shape index (κ1) is 23.1. The first-order valence-electron chi connectivity index (χ1n) is 10.9. The molecule has 2 nitrogen and oxygen atoms in total. The van der Waals surface area contributed by atoms with Crippen LogP contribution >= 0.6 is 23.4 Å². The lowest BCUT2D eigenvalue weighted by Crippen LogP contribution is -2.42. The molecule has 1 N–H and O–H groups in total. The topological polar surface area (TPSA) is 23.5 Å². The van der Waals surface area contributed by atoms with Crippen LogP contribution in [0.1, 0.15) is 30.4 Å². The van der Waals surface area contributed by atoms with Crippen molar-refractivity contribution in [3.63, 3.8) is 0 Å². The maximum atomic E-state index is 13.4. The smallest absolute Gasteiger partial charge is 0.123 e. The van der Waals surface area contributed by atoms with Gasteiger partial charge in [0.1, 0.15) is 5.82 Å². The summed E-state index contributed by atoms with van der Waals surface area (Å²) in [5.74, 6) is -0.223. The maximum absolute atomic E-state index is 13.4. The minimum Gasteiger partial charge on any atom is -0.385 e. The van der Waals surface area contributed by atoms with E-state index in [0.29, 0.717) is 17.9 Å². The summed E-state index contributed by atoms with van der Waals surface area (Å²) < 4.78 is 13.4. The third-order valence-corrected chi connectivity index (χ3v) is 7.32. The van der Waals surface area contributed by atoms with E-state index < -0.39 is 5.60 Å². The molecule has 0 radical (unpaired) electrons. The van der Waals surface area contributed by atoms with Crippen molar-refractivity contribution in [2.75, 3.05) is 19.6 Å². The second-order valence-electron chi connectivity index (χ2n) is 8.16. The molecule has 0 spiro atoms. The summed E-state index contributed by atoms with van der Waals surface area (Å²) in [6, 6.07) is 24.5. The molecular weight excluding hydrogens is 441 g/mol. The molecule has 1 heterocycles. The highest BCUT2D eigenvalue weighted by Gasteiger charge is 2.33. The summed E-state index contributed by atoms with van der Waals surface area (Å²) >= 11 is 7.69. The van der Waals surface area contributed by atoms with Crippen LogP contribution in [0.25, 0.3) is 4.91 Å². The van der Waals surface area contributed by atoms with E-state index in [1.165, 1.54) is 12.1 Å². The quantitative estimate of drug-likeness (QED) is 0.379. The van der Waals surface area contributed by atoms with E-state index in [0.717, 1.165) is 47.0 Å². The number of piperidine rings is 1. The number of hydrogen-bond acceptors (Lipinski definition) is 3. The number of hydrogen-bond donors (Lipinski definition) is 1. The first-order valence-corrected chi connectivity index (χ1v) is 12.1. The Hall–Kier alpha value is -2.11. The predicted octanol–water partition coefficient (Wildman–Crippen LogP) is 6.99.